The van der Waals surface area contributed by atoms with Crippen molar-refractivity contribution in [2.45, 2.75) is 13.3 Å². The molecule has 92 valence electrons. The zero-order chi connectivity index (χ0) is 12.8. The molecule has 0 saturated carbocycles. The largest absolute Gasteiger partial charge is 0.493 e. The number of ether oxygens (including phenoxy) is 1. The van der Waals surface area contributed by atoms with Crippen LogP contribution in [0.3, 0.4) is 0 Å². The molecule has 3 heteroatoms. The van der Waals surface area contributed by atoms with Crippen LogP contribution in [0.1, 0.15) is 22.5 Å². The second-order valence-corrected chi connectivity index (χ2v) is 4.02. The van der Waals surface area contributed by atoms with Gasteiger partial charge in [-0.25, -0.2) is 0 Å². The first-order chi connectivity index (χ1) is 8.75. The maximum atomic E-state index is 11.8. The standard InChI is InChI=1S/C15H15NO2/c1-12-7-8-13(11-16-12)15(17)9-10-18-14-5-3-2-4-6-14/h2-8,11H,9-10H2,1H3. The molecule has 0 bridgehead atoms. The highest BCUT2D eigenvalue weighted by Crippen LogP contribution is 2.09. The molecule has 3 nitrogen and oxygen atoms in total. The van der Waals surface area contributed by atoms with Gasteiger partial charge in [-0.2, -0.15) is 0 Å². The van der Waals surface area contributed by atoms with E-state index in [0.29, 0.717) is 18.6 Å². The van der Waals surface area contributed by atoms with Gasteiger partial charge in [-0.15, -0.1) is 0 Å². The summed E-state index contributed by atoms with van der Waals surface area (Å²) in [5.41, 5.74) is 1.55. The summed E-state index contributed by atoms with van der Waals surface area (Å²) in [4.78, 5) is 15.9. The molecule has 0 atom stereocenters. The zero-order valence-electron chi connectivity index (χ0n) is 10.3. The molecule has 0 spiro atoms. The molecule has 0 amide bonds. The third-order valence-corrected chi connectivity index (χ3v) is 2.57. The van der Waals surface area contributed by atoms with Gasteiger partial charge in [0.25, 0.3) is 0 Å². The molecule has 2 aromatic rings. The SMILES string of the molecule is Cc1ccc(C(=O)CCOc2ccccc2)cn1. The summed E-state index contributed by atoms with van der Waals surface area (Å²) in [6.45, 7) is 2.28. The predicted octanol–water partition coefficient (Wildman–Crippen LogP) is 3.04. The molecule has 0 aliphatic rings. The Balaban J connectivity index is 1.84. The van der Waals surface area contributed by atoms with E-state index < -0.39 is 0 Å². The fourth-order valence-corrected chi connectivity index (χ4v) is 1.56. The summed E-state index contributed by atoms with van der Waals surface area (Å²) >= 11 is 0. The summed E-state index contributed by atoms with van der Waals surface area (Å²) in [5.74, 6) is 0.839. The van der Waals surface area contributed by atoms with Gasteiger partial charge in [0.05, 0.1) is 6.61 Å². The molecule has 0 saturated heterocycles. The summed E-state index contributed by atoms with van der Waals surface area (Å²) in [5, 5.41) is 0. The van der Waals surface area contributed by atoms with Crippen LogP contribution < -0.4 is 4.74 Å². The van der Waals surface area contributed by atoms with Crippen molar-refractivity contribution >= 4 is 5.78 Å². The monoisotopic (exact) mass is 241 g/mol. The number of pyridine rings is 1. The highest BCUT2D eigenvalue weighted by molar-refractivity contribution is 5.95. The molecule has 1 aromatic carbocycles. The van der Waals surface area contributed by atoms with Crippen molar-refractivity contribution in [2.24, 2.45) is 0 Å². The molecule has 1 heterocycles. The fourth-order valence-electron chi connectivity index (χ4n) is 1.56. The Kier molecular flexibility index (Phi) is 4.07. The highest BCUT2D eigenvalue weighted by Gasteiger charge is 2.06. The van der Waals surface area contributed by atoms with Crippen molar-refractivity contribution in [2.75, 3.05) is 6.61 Å². The van der Waals surface area contributed by atoms with Gasteiger partial charge in [0.2, 0.25) is 0 Å². The molecular formula is C15H15NO2. The average molecular weight is 241 g/mol. The first-order valence-corrected chi connectivity index (χ1v) is 5.89. The van der Waals surface area contributed by atoms with E-state index in [2.05, 4.69) is 4.98 Å². The van der Waals surface area contributed by atoms with Crippen molar-refractivity contribution in [1.29, 1.82) is 0 Å². The van der Waals surface area contributed by atoms with Crippen LogP contribution >= 0.6 is 0 Å². The van der Waals surface area contributed by atoms with Gasteiger partial charge < -0.3 is 4.74 Å². The number of carbonyl (C=O) groups excluding carboxylic acids is 1. The smallest absolute Gasteiger partial charge is 0.167 e. The second-order valence-electron chi connectivity index (χ2n) is 4.02. The minimum Gasteiger partial charge on any atom is -0.493 e. The van der Waals surface area contributed by atoms with Crippen LogP contribution in [0.25, 0.3) is 0 Å². The Morgan fingerprint density at radius 3 is 2.61 bits per heavy atom. The molecule has 2 rings (SSSR count). The number of nitrogens with zero attached hydrogens (tertiary/aromatic N) is 1. The summed E-state index contributed by atoms with van der Waals surface area (Å²) < 4.78 is 5.48. The van der Waals surface area contributed by atoms with Crippen molar-refractivity contribution in [3.63, 3.8) is 0 Å². The van der Waals surface area contributed by atoms with Crippen molar-refractivity contribution in [3.05, 3.63) is 59.9 Å². The lowest BCUT2D eigenvalue weighted by atomic mass is 10.1. The Bertz CT molecular complexity index is 506. The lowest BCUT2D eigenvalue weighted by molar-refractivity contribution is 0.0962. The van der Waals surface area contributed by atoms with E-state index in [9.17, 15) is 4.79 Å². The van der Waals surface area contributed by atoms with Crippen LogP contribution in [0.4, 0.5) is 0 Å². The molecule has 0 N–H and O–H groups in total. The number of rotatable bonds is 5. The third kappa shape index (κ3) is 3.42. The predicted molar refractivity (Wildman–Crippen MR) is 69.9 cm³/mol. The lowest BCUT2D eigenvalue weighted by Crippen LogP contribution is -2.07. The number of aromatic nitrogens is 1. The topological polar surface area (TPSA) is 39.2 Å². The Morgan fingerprint density at radius 1 is 1.17 bits per heavy atom. The summed E-state index contributed by atoms with van der Waals surface area (Å²) in [6, 6.07) is 13.1. The van der Waals surface area contributed by atoms with Gasteiger partial charge in [-0.1, -0.05) is 18.2 Å². The Hall–Kier alpha value is -2.16. The number of aryl methyl sites for hydroxylation is 1. The third-order valence-electron chi connectivity index (χ3n) is 2.57. The number of hydrogen-bond acceptors (Lipinski definition) is 3. The summed E-state index contributed by atoms with van der Waals surface area (Å²) in [7, 11) is 0. The molecule has 1 aromatic heterocycles. The first kappa shape index (κ1) is 12.3. The van der Waals surface area contributed by atoms with Crippen LogP contribution in [0.5, 0.6) is 5.75 Å². The van der Waals surface area contributed by atoms with E-state index in [0.717, 1.165) is 11.4 Å². The quantitative estimate of drug-likeness (QED) is 0.755. The number of carbonyl (C=O) groups is 1. The first-order valence-electron chi connectivity index (χ1n) is 5.89. The van der Waals surface area contributed by atoms with E-state index in [4.69, 9.17) is 4.74 Å². The molecule has 0 fully saturated rings. The average Bonchev–Trinajstić information content (AvgIpc) is 2.40. The maximum Gasteiger partial charge on any atom is 0.167 e. The number of ketones is 1. The van der Waals surface area contributed by atoms with Crippen LogP contribution in [-0.2, 0) is 0 Å². The number of benzene rings is 1. The normalized spacial score (nSPS) is 10.1. The molecule has 0 aliphatic carbocycles. The van der Waals surface area contributed by atoms with E-state index in [1.807, 2.05) is 43.3 Å². The lowest BCUT2D eigenvalue weighted by Gasteiger charge is -2.05. The fraction of sp³-hybridized carbons (Fsp3) is 0.200. The molecular weight excluding hydrogens is 226 g/mol. The Labute approximate surface area is 106 Å². The van der Waals surface area contributed by atoms with E-state index >= 15 is 0 Å². The van der Waals surface area contributed by atoms with E-state index in [1.165, 1.54) is 0 Å². The highest BCUT2D eigenvalue weighted by atomic mass is 16.5. The van der Waals surface area contributed by atoms with Crippen molar-refractivity contribution < 1.29 is 9.53 Å². The minimum absolute atomic E-state index is 0.0541. The number of hydrogen-bond donors (Lipinski definition) is 0. The van der Waals surface area contributed by atoms with Gasteiger partial charge in [0, 0.05) is 23.9 Å². The van der Waals surface area contributed by atoms with Crippen LogP contribution in [0, 0.1) is 6.92 Å². The second kappa shape index (κ2) is 5.96. The molecule has 0 unspecified atom stereocenters. The summed E-state index contributed by atoms with van der Waals surface area (Å²) in [6.07, 6.45) is 1.97. The molecule has 0 aliphatic heterocycles. The van der Waals surface area contributed by atoms with Gasteiger partial charge in [-0.05, 0) is 31.2 Å². The minimum atomic E-state index is 0.0541. The van der Waals surface area contributed by atoms with Gasteiger partial charge in [0.1, 0.15) is 5.75 Å². The maximum absolute atomic E-state index is 11.8. The molecule has 0 radical (unpaired) electrons. The number of Topliss-reactive ketones (excluding diaryl/α,β-unsaturated/α-hetero) is 1. The van der Waals surface area contributed by atoms with Gasteiger partial charge in [0.15, 0.2) is 5.78 Å². The Morgan fingerprint density at radius 2 is 1.94 bits per heavy atom. The van der Waals surface area contributed by atoms with Crippen molar-refractivity contribution in [3.8, 4) is 5.75 Å². The zero-order valence-corrected chi connectivity index (χ0v) is 10.3. The van der Waals surface area contributed by atoms with Crippen LogP contribution in [0.2, 0.25) is 0 Å². The van der Waals surface area contributed by atoms with Gasteiger partial charge >= 0.3 is 0 Å². The van der Waals surface area contributed by atoms with E-state index in [-0.39, 0.29) is 5.78 Å². The van der Waals surface area contributed by atoms with Crippen LogP contribution in [-0.4, -0.2) is 17.4 Å². The van der Waals surface area contributed by atoms with Crippen LogP contribution in [0.15, 0.2) is 48.7 Å². The number of para-hydroxylation sites is 1. The molecule has 18 heavy (non-hydrogen) atoms. The van der Waals surface area contributed by atoms with Crippen molar-refractivity contribution in [1.82, 2.24) is 4.98 Å². The van der Waals surface area contributed by atoms with E-state index in [1.54, 1.807) is 12.3 Å². The van der Waals surface area contributed by atoms with Gasteiger partial charge in [-0.3, -0.25) is 9.78 Å².